The van der Waals surface area contributed by atoms with E-state index < -0.39 is 0 Å². The van der Waals surface area contributed by atoms with Crippen molar-refractivity contribution < 1.29 is 9.59 Å². The lowest BCUT2D eigenvalue weighted by Gasteiger charge is -2.21. The summed E-state index contributed by atoms with van der Waals surface area (Å²) in [5.41, 5.74) is 0.535. The lowest BCUT2D eigenvalue weighted by molar-refractivity contribution is -0.128. The molecule has 1 rings (SSSR count). The Morgan fingerprint density at radius 1 is 1.30 bits per heavy atom. The standard InChI is InChI=1S/C15H23N3O2/c1-3-4-5-10-18(13(2)19)11-9-17-15(20)14-7-6-8-16-12-14/h6-8,12H,3-5,9-11H2,1-2H3,(H,17,20). The summed E-state index contributed by atoms with van der Waals surface area (Å²) < 4.78 is 0. The minimum atomic E-state index is -0.157. The maximum Gasteiger partial charge on any atom is 0.252 e. The minimum Gasteiger partial charge on any atom is -0.350 e. The van der Waals surface area contributed by atoms with Crippen LogP contribution in [0.25, 0.3) is 0 Å². The van der Waals surface area contributed by atoms with Gasteiger partial charge in [-0.05, 0) is 18.6 Å². The number of aromatic nitrogens is 1. The number of nitrogens with one attached hydrogen (secondary N) is 1. The summed E-state index contributed by atoms with van der Waals surface area (Å²) in [4.78, 5) is 29.0. The topological polar surface area (TPSA) is 62.3 Å². The zero-order valence-corrected chi connectivity index (χ0v) is 12.3. The van der Waals surface area contributed by atoms with Crippen LogP contribution in [0.2, 0.25) is 0 Å². The summed E-state index contributed by atoms with van der Waals surface area (Å²) in [5, 5.41) is 2.80. The van der Waals surface area contributed by atoms with Crippen LogP contribution in [0.15, 0.2) is 24.5 Å². The van der Waals surface area contributed by atoms with Crippen molar-refractivity contribution in [2.75, 3.05) is 19.6 Å². The van der Waals surface area contributed by atoms with Crippen molar-refractivity contribution in [2.24, 2.45) is 0 Å². The van der Waals surface area contributed by atoms with Crippen LogP contribution >= 0.6 is 0 Å². The maximum absolute atomic E-state index is 11.8. The number of nitrogens with zero attached hydrogens (tertiary/aromatic N) is 2. The number of carbonyl (C=O) groups excluding carboxylic acids is 2. The van der Waals surface area contributed by atoms with Gasteiger partial charge >= 0.3 is 0 Å². The molecule has 0 atom stereocenters. The summed E-state index contributed by atoms with van der Waals surface area (Å²) in [5.74, 6) is -0.105. The van der Waals surface area contributed by atoms with E-state index >= 15 is 0 Å². The van der Waals surface area contributed by atoms with E-state index in [1.54, 1.807) is 30.2 Å². The normalized spacial score (nSPS) is 10.1. The smallest absolute Gasteiger partial charge is 0.252 e. The van der Waals surface area contributed by atoms with Gasteiger partial charge < -0.3 is 10.2 Å². The van der Waals surface area contributed by atoms with E-state index in [9.17, 15) is 9.59 Å². The molecule has 1 N–H and O–H groups in total. The number of carbonyl (C=O) groups is 2. The summed E-state index contributed by atoms with van der Waals surface area (Å²) >= 11 is 0. The Morgan fingerprint density at radius 2 is 2.10 bits per heavy atom. The predicted molar refractivity (Wildman–Crippen MR) is 78.3 cm³/mol. The third kappa shape index (κ3) is 5.82. The fourth-order valence-corrected chi connectivity index (χ4v) is 1.88. The molecule has 0 aromatic carbocycles. The third-order valence-corrected chi connectivity index (χ3v) is 3.07. The Morgan fingerprint density at radius 3 is 2.70 bits per heavy atom. The molecular weight excluding hydrogens is 254 g/mol. The number of amides is 2. The first-order valence-corrected chi connectivity index (χ1v) is 7.09. The molecule has 0 spiro atoms. The van der Waals surface area contributed by atoms with E-state index in [-0.39, 0.29) is 11.8 Å². The fourth-order valence-electron chi connectivity index (χ4n) is 1.88. The molecule has 20 heavy (non-hydrogen) atoms. The predicted octanol–water partition coefficient (Wildman–Crippen LogP) is 1.85. The lowest BCUT2D eigenvalue weighted by Crippen LogP contribution is -2.38. The van der Waals surface area contributed by atoms with Crippen molar-refractivity contribution in [3.63, 3.8) is 0 Å². The van der Waals surface area contributed by atoms with Gasteiger partial charge in [-0.3, -0.25) is 14.6 Å². The number of rotatable bonds is 8. The number of unbranched alkanes of at least 4 members (excludes halogenated alkanes) is 2. The molecule has 5 nitrogen and oxygen atoms in total. The number of hydrogen-bond donors (Lipinski definition) is 1. The maximum atomic E-state index is 11.8. The van der Waals surface area contributed by atoms with Gasteiger partial charge in [-0.1, -0.05) is 19.8 Å². The van der Waals surface area contributed by atoms with Crippen molar-refractivity contribution >= 4 is 11.8 Å². The van der Waals surface area contributed by atoms with Gasteiger partial charge in [-0.2, -0.15) is 0 Å². The van der Waals surface area contributed by atoms with Crippen LogP contribution < -0.4 is 5.32 Å². The molecule has 0 bridgehead atoms. The van der Waals surface area contributed by atoms with Gasteiger partial charge in [0, 0.05) is 39.0 Å². The zero-order chi connectivity index (χ0) is 14.8. The van der Waals surface area contributed by atoms with Crippen molar-refractivity contribution in [3.8, 4) is 0 Å². The largest absolute Gasteiger partial charge is 0.350 e. The Hall–Kier alpha value is -1.91. The fraction of sp³-hybridized carbons (Fsp3) is 0.533. The molecule has 0 aliphatic carbocycles. The Balaban J connectivity index is 2.33. The van der Waals surface area contributed by atoms with Gasteiger partial charge in [0.2, 0.25) is 5.91 Å². The Kier molecular flexibility index (Phi) is 7.32. The van der Waals surface area contributed by atoms with Crippen molar-refractivity contribution in [2.45, 2.75) is 33.1 Å². The van der Waals surface area contributed by atoms with Gasteiger partial charge in [0.05, 0.1) is 5.56 Å². The molecule has 1 heterocycles. The second kappa shape index (κ2) is 9.07. The van der Waals surface area contributed by atoms with Crippen molar-refractivity contribution in [1.82, 2.24) is 15.2 Å². The molecule has 1 aromatic heterocycles. The van der Waals surface area contributed by atoms with Crippen LogP contribution in [-0.2, 0) is 4.79 Å². The average Bonchev–Trinajstić information content (AvgIpc) is 2.46. The molecule has 5 heteroatoms. The molecule has 110 valence electrons. The minimum absolute atomic E-state index is 0.0525. The first-order valence-electron chi connectivity index (χ1n) is 7.09. The number of hydrogen-bond acceptors (Lipinski definition) is 3. The highest BCUT2D eigenvalue weighted by molar-refractivity contribution is 5.93. The summed E-state index contributed by atoms with van der Waals surface area (Å²) in [6.07, 6.45) is 6.41. The molecule has 2 amide bonds. The lowest BCUT2D eigenvalue weighted by atomic mass is 10.2. The molecular formula is C15H23N3O2. The van der Waals surface area contributed by atoms with Crippen LogP contribution in [-0.4, -0.2) is 41.3 Å². The molecule has 0 unspecified atom stereocenters. The Labute approximate surface area is 120 Å². The first kappa shape index (κ1) is 16.1. The van der Waals surface area contributed by atoms with Crippen molar-refractivity contribution in [1.29, 1.82) is 0 Å². The highest BCUT2D eigenvalue weighted by atomic mass is 16.2. The highest BCUT2D eigenvalue weighted by Gasteiger charge is 2.09. The van der Waals surface area contributed by atoms with Gasteiger partial charge in [0.25, 0.3) is 5.91 Å². The van der Waals surface area contributed by atoms with E-state index in [0.717, 1.165) is 25.8 Å². The highest BCUT2D eigenvalue weighted by Crippen LogP contribution is 1.99. The van der Waals surface area contributed by atoms with Gasteiger partial charge in [-0.25, -0.2) is 0 Å². The molecule has 0 radical (unpaired) electrons. The zero-order valence-electron chi connectivity index (χ0n) is 12.3. The molecule has 0 saturated heterocycles. The Bertz CT molecular complexity index is 420. The van der Waals surface area contributed by atoms with E-state index in [1.165, 1.54) is 6.20 Å². The van der Waals surface area contributed by atoms with Crippen molar-refractivity contribution in [3.05, 3.63) is 30.1 Å². The number of pyridine rings is 1. The summed E-state index contributed by atoms with van der Waals surface area (Å²) in [6, 6.07) is 3.44. The summed E-state index contributed by atoms with van der Waals surface area (Å²) in [7, 11) is 0. The second-order valence-electron chi connectivity index (χ2n) is 4.71. The first-order chi connectivity index (χ1) is 9.65. The molecule has 1 aromatic rings. The second-order valence-corrected chi connectivity index (χ2v) is 4.71. The SMILES string of the molecule is CCCCCN(CCNC(=O)c1cccnc1)C(C)=O. The van der Waals surface area contributed by atoms with Crippen LogP contribution in [0.1, 0.15) is 43.5 Å². The van der Waals surface area contributed by atoms with Crippen LogP contribution in [0, 0.1) is 0 Å². The molecule has 0 fully saturated rings. The monoisotopic (exact) mass is 277 g/mol. The van der Waals surface area contributed by atoms with E-state index in [2.05, 4.69) is 17.2 Å². The quantitative estimate of drug-likeness (QED) is 0.738. The van der Waals surface area contributed by atoms with Crippen LogP contribution in [0.3, 0.4) is 0 Å². The average molecular weight is 277 g/mol. The van der Waals surface area contributed by atoms with Crippen LogP contribution in [0.4, 0.5) is 0 Å². The van der Waals surface area contributed by atoms with Gasteiger partial charge in [0.1, 0.15) is 0 Å². The third-order valence-electron chi connectivity index (χ3n) is 3.07. The molecule has 0 aliphatic heterocycles. The van der Waals surface area contributed by atoms with Gasteiger partial charge in [-0.15, -0.1) is 0 Å². The van der Waals surface area contributed by atoms with Crippen LogP contribution in [0.5, 0.6) is 0 Å². The van der Waals surface area contributed by atoms with E-state index in [0.29, 0.717) is 18.7 Å². The van der Waals surface area contributed by atoms with Gasteiger partial charge in [0.15, 0.2) is 0 Å². The van der Waals surface area contributed by atoms with E-state index in [4.69, 9.17) is 0 Å². The molecule has 0 aliphatic rings. The van der Waals surface area contributed by atoms with E-state index in [1.807, 2.05) is 0 Å². The summed E-state index contributed by atoms with van der Waals surface area (Å²) in [6.45, 7) is 5.46. The molecule has 0 saturated carbocycles.